The lowest BCUT2D eigenvalue weighted by Crippen LogP contribution is -2.45. The average Bonchev–Trinajstić information content (AvgIpc) is 3.37. The Morgan fingerprint density at radius 1 is 1.08 bits per heavy atom. The molecule has 4 aromatic heterocycles. The van der Waals surface area contributed by atoms with E-state index in [0.717, 1.165) is 34.5 Å². The van der Waals surface area contributed by atoms with Gasteiger partial charge in [0.25, 0.3) is 0 Å². The number of nitrogens with one attached hydrogen (secondary N) is 1. The number of amides is 1. The molecule has 1 atom stereocenters. The van der Waals surface area contributed by atoms with Gasteiger partial charge in [-0.25, -0.2) is 4.79 Å². The van der Waals surface area contributed by atoms with Crippen molar-refractivity contribution in [2.75, 3.05) is 0 Å². The average molecular weight is 524 g/mol. The molecule has 0 fully saturated rings. The third-order valence-corrected chi connectivity index (χ3v) is 6.60. The minimum atomic E-state index is -4.59. The maximum Gasteiger partial charge on any atom is 0.408 e. The van der Waals surface area contributed by atoms with Gasteiger partial charge in [-0.3, -0.25) is 28.6 Å². The third kappa shape index (κ3) is 4.21. The fraction of sp³-hybridized carbons (Fsp3) is 0.269. The number of imidazole rings is 1. The largest absolute Gasteiger partial charge is 0.408 e. The first-order valence-electron chi connectivity index (χ1n) is 11.8. The summed E-state index contributed by atoms with van der Waals surface area (Å²) in [7, 11) is 1.82. The van der Waals surface area contributed by atoms with E-state index in [1.54, 1.807) is 41.6 Å². The minimum Gasteiger partial charge on any atom is -0.343 e. The molecule has 1 N–H and O–H groups in total. The van der Waals surface area contributed by atoms with Crippen LogP contribution in [0.4, 0.5) is 13.2 Å². The van der Waals surface area contributed by atoms with Crippen molar-refractivity contribution in [2.45, 2.75) is 39.5 Å². The van der Waals surface area contributed by atoms with Crippen LogP contribution in [0.5, 0.6) is 0 Å². The molecule has 38 heavy (non-hydrogen) atoms. The smallest absolute Gasteiger partial charge is 0.343 e. The second-order valence-corrected chi connectivity index (χ2v) is 9.22. The number of rotatable bonds is 5. The van der Waals surface area contributed by atoms with Crippen LogP contribution in [-0.2, 0) is 18.4 Å². The number of carbonyl (C=O) groups excluding carboxylic acids is 1. The summed E-state index contributed by atoms with van der Waals surface area (Å²) in [5.41, 5.74) is 4.67. The first kappa shape index (κ1) is 25.2. The number of pyridine rings is 2. The van der Waals surface area contributed by atoms with E-state index in [-0.39, 0.29) is 0 Å². The molecule has 0 aliphatic carbocycles. The molecule has 5 rings (SSSR count). The molecule has 196 valence electrons. The molecule has 1 aromatic carbocycles. The monoisotopic (exact) mass is 523 g/mol. The van der Waals surface area contributed by atoms with Crippen LogP contribution in [-0.4, -0.2) is 47.0 Å². The van der Waals surface area contributed by atoms with Crippen LogP contribution < -0.4 is 11.0 Å². The Kier molecular flexibility index (Phi) is 6.04. The summed E-state index contributed by atoms with van der Waals surface area (Å²) in [5, 5.41) is 7.09. The second kappa shape index (κ2) is 9.12. The zero-order chi connectivity index (χ0) is 27.4. The molecule has 5 aromatic rings. The molecular weight excluding hydrogens is 499 g/mol. The highest BCUT2D eigenvalue weighted by Gasteiger charge is 2.37. The van der Waals surface area contributed by atoms with Gasteiger partial charge in [0.05, 0.1) is 46.5 Å². The van der Waals surface area contributed by atoms with Crippen LogP contribution in [0, 0.1) is 13.8 Å². The van der Waals surface area contributed by atoms with Crippen molar-refractivity contribution >= 4 is 27.8 Å². The summed E-state index contributed by atoms with van der Waals surface area (Å²) in [4.78, 5) is 35.0. The van der Waals surface area contributed by atoms with Crippen LogP contribution in [0.2, 0.25) is 0 Å². The van der Waals surface area contributed by atoms with Gasteiger partial charge in [-0.05, 0) is 44.0 Å². The van der Waals surface area contributed by atoms with E-state index in [1.165, 1.54) is 9.13 Å². The molecule has 1 amide bonds. The number of aromatic nitrogens is 6. The molecule has 12 heteroatoms. The highest BCUT2D eigenvalue weighted by Crippen LogP contribution is 2.29. The predicted molar refractivity (Wildman–Crippen MR) is 136 cm³/mol. The number of aryl methyl sites for hydroxylation is 3. The molecule has 0 saturated heterocycles. The molecule has 0 aliphatic heterocycles. The van der Waals surface area contributed by atoms with E-state index in [2.05, 4.69) is 15.1 Å². The van der Waals surface area contributed by atoms with Gasteiger partial charge in [-0.2, -0.15) is 18.3 Å². The van der Waals surface area contributed by atoms with Crippen LogP contribution in [0.1, 0.15) is 18.1 Å². The van der Waals surface area contributed by atoms with Gasteiger partial charge in [0, 0.05) is 24.2 Å². The van der Waals surface area contributed by atoms with Gasteiger partial charge in [-0.1, -0.05) is 12.1 Å². The van der Waals surface area contributed by atoms with Crippen LogP contribution >= 0.6 is 0 Å². The number of hydrogen-bond donors (Lipinski definition) is 1. The van der Waals surface area contributed by atoms with Gasteiger partial charge < -0.3 is 5.32 Å². The molecule has 0 radical (unpaired) electrons. The summed E-state index contributed by atoms with van der Waals surface area (Å²) in [6, 6.07) is 5.00. The molecular formula is C26H24F3N7O2. The highest BCUT2D eigenvalue weighted by atomic mass is 19.4. The van der Waals surface area contributed by atoms with Crippen molar-refractivity contribution in [3.63, 3.8) is 0 Å². The second-order valence-electron chi connectivity index (χ2n) is 9.22. The fourth-order valence-corrected chi connectivity index (χ4v) is 4.55. The lowest BCUT2D eigenvalue weighted by Gasteiger charge is -2.17. The molecule has 1 unspecified atom stereocenters. The maximum absolute atomic E-state index is 13.6. The number of halogens is 3. The maximum atomic E-state index is 13.6. The number of para-hydroxylation sites is 1. The Morgan fingerprint density at radius 3 is 2.55 bits per heavy atom. The lowest BCUT2D eigenvalue weighted by molar-refractivity contribution is -0.158. The standard InChI is InChI=1S/C26H24F3N7O2/c1-14-6-5-7-20-24(14)36(25(38)35(20)13-23(37)33-16(3)26(27,28)29)21-12-31-19(8-15(21)2)17-9-30-11-22-18(17)10-32-34(22)4/h5-12,16H,13H2,1-4H3,(H,33,37). The van der Waals surface area contributed by atoms with Gasteiger partial charge >= 0.3 is 11.9 Å². The zero-order valence-electron chi connectivity index (χ0n) is 21.0. The number of alkyl halides is 3. The Hall–Kier alpha value is -4.48. The summed E-state index contributed by atoms with van der Waals surface area (Å²) in [6.45, 7) is 3.95. The van der Waals surface area contributed by atoms with E-state index in [1.807, 2.05) is 38.3 Å². The SMILES string of the molecule is Cc1cc(-c2cncc3c2cnn3C)ncc1-n1c(=O)n(CC(=O)NC(C)C(F)(F)F)c2cccc(C)c21. The van der Waals surface area contributed by atoms with Gasteiger partial charge in [0.1, 0.15) is 12.6 Å². The summed E-state index contributed by atoms with van der Waals surface area (Å²) < 4.78 is 43.2. The topological polar surface area (TPSA) is 99.6 Å². The molecule has 9 nitrogen and oxygen atoms in total. The van der Waals surface area contributed by atoms with Crippen molar-refractivity contribution in [3.8, 4) is 16.9 Å². The number of fused-ring (bicyclic) bond motifs is 2. The molecule has 4 heterocycles. The highest BCUT2D eigenvalue weighted by molar-refractivity contribution is 5.93. The van der Waals surface area contributed by atoms with E-state index in [9.17, 15) is 22.8 Å². The first-order valence-corrected chi connectivity index (χ1v) is 11.8. The zero-order valence-corrected chi connectivity index (χ0v) is 21.0. The van der Waals surface area contributed by atoms with Crippen molar-refractivity contribution in [1.82, 2.24) is 34.2 Å². The Morgan fingerprint density at radius 2 is 1.84 bits per heavy atom. The van der Waals surface area contributed by atoms with Gasteiger partial charge in [0.15, 0.2) is 0 Å². The van der Waals surface area contributed by atoms with Crippen LogP contribution in [0.3, 0.4) is 0 Å². The molecule has 0 aliphatic rings. The quantitative estimate of drug-likeness (QED) is 0.378. The normalized spacial score (nSPS) is 12.8. The fourth-order valence-electron chi connectivity index (χ4n) is 4.55. The minimum absolute atomic E-state index is 0.428. The molecule has 0 saturated carbocycles. The van der Waals surface area contributed by atoms with Crippen LogP contribution in [0.15, 0.2) is 53.8 Å². The summed E-state index contributed by atoms with van der Waals surface area (Å²) >= 11 is 0. The number of carbonyl (C=O) groups is 1. The van der Waals surface area contributed by atoms with Crippen molar-refractivity contribution in [2.24, 2.45) is 7.05 Å². The van der Waals surface area contributed by atoms with E-state index >= 15 is 0 Å². The van der Waals surface area contributed by atoms with Crippen molar-refractivity contribution < 1.29 is 18.0 Å². The van der Waals surface area contributed by atoms with E-state index in [0.29, 0.717) is 22.4 Å². The Bertz CT molecular complexity index is 1760. The van der Waals surface area contributed by atoms with E-state index in [4.69, 9.17) is 0 Å². The summed E-state index contributed by atoms with van der Waals surface area (Å²) in [6.07, 6.45) is 2.14. The Balaban J connectivity index is 1.60. The van der Waals surface area contributed by atoms with Crippen molar-refractivity contribution in [1.29, 1.82) is 0 Å². The number of nitrogens with zero attached hydrogens (tertiary/aromatic N) is 6. The van der Waals surface area contributed by atoms with Crippen molar-refractivity contribution in [3.05, 3.63) is 70.7 Å². The van der Waals surface area contributed by atoms with Gasteiger partial charge in [-0.15, -0.1) is 0 Å². The summed E-state index contributed by atoms with van der Waals surface area (Å²) in [5.74, 6) is -0.917. The number of benzene rings is 1. The first-order chi connectivity index (χ1) is 18.0. The molecule has 0 bridgehead atoms. The predicted octanol–water partition coefficient (Wildman–Crippen LogP) is 3.82. The lowest BCUT2D eigenvalue weighted by atomic mass is 10.1. The van der Waals surface area contributed by atoms with E-state index < -0.39 is 30.4 Å². The van der Waals surface area contributed by atoms with Gasteiger partial charge in [0.2, 0.25) is 5.91 Å². The third-order valence-electron chi connectivity index (χ3n) is 6.60. The molecule has 0 spiro atoms. The van der Waals surface area contributed by atoms with Crippen LogP contribution in [0.25, 0.3) is 38.9 Å². The number of hydrogen-bond acceptors (Lipinski definition) is 5. The Labute approximate surface area is 214 Å².